The van der Waals surface area contributed by atoms with Crippen molar-refractivity contribution in [1.82, 2.24) is 4.90 Å². The van der Waals surface area contributed by atoms with Gasteiger partial charge in [-0.25, -0.2) is 4.39 Å². The summed E-state index contributed by atoms with van der Waals surface area (Å²) in [5.74, 6) is -0.959. The van der Waals surface area contributed by atoms with E-state index in [9.17, 15) is 18.8 Å². The molecule has 2 aromatic rings. The maximum atomic E-state index is 13.2. The molecule has 0 aliphatic carbocycles. The molecule has 0 saturated carbocycles. The van der Waals surface area contributed by atoms with Crippen LogP contribution in [0.15, 0.2) is 53.4 Å². The molecule has 0 spiro atoms. The molecule has 0 aromatic heterocycles. The Balaban J connectivity index is 1.68. The Morgan fingerprint density at radius 2 is 1.96 bits per heavy atom. The third-order valence-corrected chi connectivity index (χ3v) is 4.60. The Morgan fingerprint density at radius 1 is 1.22 bits per heavy atom. The minimum absolute atomic E-state index is 0.226. The van der Waals surface area contributed by atoms with Gasteiger partial charge in [0.15, 0.2) is 0 Å². The highest BCUT2D eigenvalue weighted by atomic mass is 32.2. The molecule has 1 fully saturated rings. The average molecular weight is 386 g/mol. The van der Waals surface area contributed by atoms with Crippen LogP contribution in [0.4, 0.5) is 14.9 Å². The molecular formula is C19H15FN2O4S. The molecule has 6 nitrogen and oxygen atoms in total. The van der Waals surface area contributed by atoms with E-state index >= 15 is 0 Å². The minimum atomic E-state index is -0.589. The third-order valence-electron chi connectivity index (χ3n) is 3.70. The van der Waals surface area contributed by atoms with E-state index in [0.29, 0.717) is 5.75 Å². The molecule has 2 aromatic carbocycles. The largest absolute Gasteiger partial charge is 0.497 e. The van der Waals surface area contributed by atoms with Crippen LogP contribution < -0.4 is 10.1 Å². The molecule has 1 saturated heterocycles. The van der Waals surface area contributed by atoms with Gasteiger partial charge in [-0.2, -0.15) is 0 Å². The molecule has 3 rings (SSSR count). The number of rotatable bonds is 5. The van der Waals surface area contributed by atoms with E-state index in [1.54, 1.807) is 37.5 Å². The highest BCUT2D eigenvalue weighted by Crippen LogP contribution is 2.32. The maximum Gasteiger partial charge on any atom is 0.294 e. The molecule has 3 amide bonds. The predicted octanol–water partition coefficient (Wildman–Crippen LogP) is 3.51. The Kier molecular flexibility index (Phi) is 5.56. The lowest BCUT2D eigenvalue weighted by atomic mass is 10.2. The number of carbonyl (C=O) groups excluding carboxylic acids is 3. The summed E-state index contributed by atoms with van der Waals surface area (Å²) in [6.45, 7) is -0.443. The van der Waals surface area contributed by atoms with Gasteiger partial charge in [0.25, 0.3) is 11.1 Å². The van der Waals surface area contributed by atoms with E-state index in [1.807, 2.05) is 0 Å². The van der Waals surface area contributed by atoms with Gasteiger partial charge in [-0.1, -0.05) is 18.2 Å². The van der Waals surface area contributed by atoms with Crippen LogP contribution in [-0.2, 0) is 9.59 Å². The van der Waals surface area contributed by atoms with Gasteiger partial charge in [0.1, 0.15) is 18.1 Å². The fourth-order valence-electron chi connectivity index (χ4n) is 2.40. The number of thioether (sulfide) groups is 1. The number of carbonyl (C=O) groups is 3. The highest BCUT2D eigenvalue weighted by Gasteiger charge is 2.36. The van der Waals surface area contributed by atoms with E-state index < -0.39 is 29.4 Å². The molecule has 8 heteroatoms. The second kappa shape index (κ2) is 8.05. The van der Waals surface area contributed by atoms with E-state index in [2.05, 4.69) is 5.32 Å². The first-order valence-corrected chi connectivity index (χ1v) is 8.73. The van der Waals surface area contributed by atoms with Crippen LogP contribution in [0, 0.1) is 5.82 Å². The molecule has 1 aliphatic heterocycles. The maximum absolute atomic E-state index is 13.2. The van der Waals surface area contributed by atoms with Crippen LogP contribution >= 0.6 is 11.8 Å². The predicted molar refractivity (Wildman–Crippen MR) is 101 cm³/mol. The number of methoxy groups -OCH3 is 1. The highest BCUT2D eigenvalue weighted by molar-refractivity contribution is 8.18. The van der Waals surface area contributed by atoms with Gasteiger partial charge in [-0.15, -0.1) is 0 Å². The van der Waals surface area contributed by atoms with Crippen LogP contribution in [0.25, 0.3) is 6.08 Å². The van der Waals surface area contributed by atoms with E-state index in [4.69, 9.17) is 4.74 Å². The standard InChI is InChI=1S/C19H15FN2O4S/c1-26-15-7-5-12(6-8-15)9-16-18(24)22(19(25)27-16)11-17(23)21-14-4-2-3-13(20)10-14/h2-10H,11H2,1H3,(H,21,23)/b16-9+. The summed E-state index contributed by atoms with van der Waals surface area (Å²) in [5, 5.41) is 1.93. The Labute approximate surface area is 159 Å². The fourth-order valence-corrected chi connectivity index (χ4v) is 3.24. The van der Waals surface area contributed by atoms with Crippen molar-refractivity contribution < 1.29 is 23.5 Å². The summed E-state index contributed by atoms with van der Waals surface area (Å²) in [6, 6.07) is 12.3. The van der Waals surface area contributed by atoms with Gasteiger partial charge in [-0.3, -0.25) is 19.3 Å². The van der Waals surface area contributed by atoms with E-state index in [0.717, 1.165) is 28.3 Å². The topological polar surface area (TPSA) is 75.7 Å². The van der Waals surface area contributed by atoms with Gasteiger partial charge in [0, 0.05) is 5.69 Å². The molecule has 0 unspecified atom stereocenters. The van der Waals surface area contributed by atoms with Crippen molar-refractivity contribution >= 4 is 40.6 Å². The lowest BCUT2D eigenvalue weighted by molar-refractivity contribution is -0.127. The van der Waals surface area contributed by atoms with Crippen molar-refractivity contribution in [3.05, 3.63) is 64.8 Å². The number of halogens is 1. The normalized spacial score (nSPS) is 15.3. The van der Waals surface area contributed by atoms with E-state index in [-0.39, 0.29) is 10.6 Å². The average Bonchev–Trinajstić information content (AvgIpc) is 2.90. The molecule has 0 radical (unpaired) electrons. The number of hydrogen-bond acceptors (Lipinski definition) is 5. The molecule has 27 heavy (non-hydrogen) atoms. The molecule has 0 atom stereocenters. The van der Waals surface area contributed by atoms with Crippen molar-refractivity contribution in [1.29, 1.82) is 0 Å². The van der Waals surface area contributed by atoms with Crippen molar-refractivity contribution in [2.75, 3.05) is 19.0 Å². The van der Waals surface area contributed by atoms with Gasteiger partial charge >= 0.3 is 0 Å². The summed E-state index contributed by atoms with van der Waals surface area (Å²) in [5.41, 5.74) is 0.978. The van der Waals surface area contributed by atoms with Gasteiger partial charge in [0.05, 0.1) is 12.0 Å². The number of nitrogens with one attached hydrogen (secondary N) is 1. The second-order valence-corrected chi connectivity index (χ2v) is 6.59. The zero-order valence-electron chi connectivity index (χ0n) is 14.3. The quantitative estimate of drug-likeness (QED) is 0.796. The monoisotopic (exact) mass is 386 g/mol. The van der Waals surface area contributed by atoms with Gasteiger partial charge in [-0.05, 0) is 53.7 Å². The summed E-state index contributed by atoms with van der Waals surface area (Å²) >= 11 is 0.765. The molecule has 0 bridgehead atoms. The summed E-state index contributed by atoms with van der Waals surface area (Å²) in [4.78, 5) is 37.7. The molecular weight excluding hydrogens is 371 g/mol. The van der Waals surface area contributed by atoms with Crippen molar-refractivity contribution in [3.8, 4) is 5.75 Å². The number of anilines is 1. The number of benzene rings is 2. The SMILES string of the molecule is COc1ccc(/C=C2/SC(=O)N(CC(=O)Nc3cccc(F)c3)C2=O)cc1. The zero-order chi connectivity index (χ0) is 19.4. The second-order valence-electron chi connectivity index (χ2n) is 5.60. The summed E-state index contributed by atoms with van der Waals surface area (Å²) in [6.07, 6.45) is 1.58. The van der Waals surface area contributed by atoms with E-state index in [1.165, 1.54) is 18.2 Å². The first-order valence-electron chi connectivity index (χ1n) is 7.91. The fraction of sp³-hybridized carbons (Fsp3) is 0.105. The van der Waals surface area contributed by atoms with Gasteiger partial charge < -0.3 is 10.1 Å². The molecule has 1 N–H and O–H groups in total. The summed E-state index contributed by atoms with van der Waals surface area (Å²) < 4.78 is 18.2. The van der Waals surface area contributed by atoms with Crippen LogP contribution in [0.1, 0.15) is 5.56 Å². The Bertz CT molecular complexity index is 928. The number of ether oxygens (including phenoxy) is 1. The molecule has 138 valence electrons. The van der Waals surface area contributed by atoms with Crippen molar-refractivity contribution in [2.45, 2.75) is 0 Å². The first-order chi connectivity index (χ1) is 13.0. The molecule has 1 heterocycles. The Hall–Kier alpha value is -3.13. The molecule has 1 aliphatic rings. The number of imide groups is 1. The Morgan fingerprint density at radius 3 is 2.63 bits per heavy atom. The summed E-state index contributed by atoms with van der Waals surface area (Å²) in [7, 11) is 1.55. The van der Waals surface area contributed by atoms with Crippen LogP contribution in [-0.4, -0.2) is 35.6 Å². The first kappa shape index (κ1) is 18.7. The van der Waals surface area contributed by atoms with Crippen LogP contribution in [0.5, 0.6) is 5.75 Å². The number of amides is 3. The van der Waals surface area contributed by atoms with Crippen molar-refractivity contribution in [2.24, 2.45) is 0 Å². The van der Waals surface area contributed by atoms with Gasteiger partial charge in [0.2, 0.25) is 5.91 Å². The van der Waals surface area contributed by atoms with Crippen LogP contribution in [0.3, 0.4) is 0 Å². The smallest absolute Gasteiger partial charge is 0.294 e. The zero-order valence-corrected chi connectivity index (χ0v) is 15.1. The number of nitrogens with zero attached hydrogens (tertiary/aromatic N) is 1. The lowest BCUT2D eigenvalue weighted by Crippen LogP contribution is -2.36. The number of hydrogen-bond donors (Lipinski definition) is 1. The van der Waals surface area contributed by atoms with Crippen LogP contribution in [0.2, 0.25) is 0 Å². The van der Waals surface area contributed by atoms with Crippen molar-refractivity contribution in [3.63, 3.8) is 0 Å². The minimum Gasteiger partial charge on any atom is -0.497 e. The third kappa shape index (κ3) is 4.53. The lowest BCUT2D eigenvalue weighted by Gasteiger charge is -2.12.